The van der Waals surface area contributed by atoms with E-state index >= 15 is 0 Å². The van der Waals surface area contributed by atoms with Crippen LogP contribution in [0.25, 0.3) is 0 Å². The molecule has 2 aliphatic rings. The quantitative estimate of drug-likeness (QED) is 0.302. The van der Waals surface area contributed by atoms with E-state index in [4.69, 9.17) is 18.9 Å². The number of ketones is 1. The van der Waals surface area contributed by atoms with Crippen LogP contribution in [0.5, 0.6) is 23.0 Å². The number of rotatable bonds is 4. The van der Waals surface area contributed by atoms with Crippen LogP contribution < -0.4 is 18.9 Å². The zero-order chi connectivity index (χ0) is 30.0. The Bertz CT molecular complexity index is 1670. The minimum Gasteiger partial charge on any atom is -0.497 e. The number of pyridine rings is 2. The van der Waals surface area contributed by atoms with Crippen LogP contribution in [0.2, 0.25) is 0 Å². The van der Waals surface area contributed by atoms with Gasteiger partial charge in [-0.3, -0.25) is 14.8 Å². The molecule has 1 atom stereocenters. The molecule has 0 saturated heterocycles. The standard InChI is InChI=1S/C16H16BrNO3.C16H14BrNO3.BH4/c2*1-20-12-6-9-3-4-10-5-11(17)8-18-15(10)16(19)14(9)13(7-12)21-2;/h5-8,16,19H,3-4H2,1-2H3;5-8H,3-4H2,1-2H3;1H4/q;;-1. The number of hydrogen-bond acceptors (Lipinski definition) is 8. The molecule has 0 fully saturated rings. The lowest BCUT2D eigenvalue weighted by atomic mass is 9.98. The number of fused-ring (bicyclic) bond motifs is 4. The first-order valence-electron chi connectivity index (χ1n) is 13.3. The fourth-order valence-electron chi connectivity index (χ4n) is 5.45. The van der Waals surface area contributed by atoms with E-state index in [0.717, 1.165) is 68.2 Å². The van der Waals surface area contributed by atoms with Gasteiger partial charge in [0.2, 0.25) is 5.78 Å². The minimum absolute atomic E-state index is 0. The first-order valence-corrected chi connectivity index (χ1v) is 14.9. The summed E-state index contributed by atoms with van der Waals surface area (Å²) in [6.07, 6.45) is 5.72. The molecule has 0 bridgehead atoms. The zero-order valence-corrected chi connectivity index (χ0v) is 26.8. The van der Waals surface area contributed by atoms with Gasteiger partial charge in [-0.05, 0) is 104 Å². The van der Waals surface area contributed by atoms with Crippen LogP contribution in [-0.4, -0.2) is 57.7 Å². The summed E-state index contributed by atoms with van der Waals surface area (Å²) >= 11 is 6.84. The molecule has 6 rings (SSSR count). The van der Waals surface area contributed by atoms with Crippen molar-refractivity contribution in [1.82, 2.24) is 9.97 Å². The Morgan fingerprint density at radius 1 is 0.698 bits per heavy atom. The van der Waals surface area contributed by atoms with E-state index in [0.29, 0.717) is 34.2 Å². The maximum Gasteiger partial charge on any atom is 0.215 e. The highest BCUT2D eigenvalue weighted by Crippen LogP contribution is 2.40. The Kier molecular flexibility index (Phi) is 10.5. The Morgan fingerprint density at radius 2 is 1.23 bits per heavy atom. The van der Waals surface area contributed by atoms with E-state index in [1.807, 2.05) is 24.3 Å². The Balaban J connectivity index is 0.000000192. The maximum atomic E-state index is 12.8. The van der Waals surface area contributed by atoms with E-state index in [1.165, 1.54) is 0 Å². The molecule has 4 aromatic rings. The number of halogens is 2. The van der Waals surface area contributed by atoms with Crippen LogP contribution >= 0.6 is 31.9 Å². The summed E-state index contributed by atoms with van der Waals surface area (Å²) < 4.78 is 23.2. The predicted molar refractivity (Wildman–Crippen MR) is 177 cm³/mol. The number of nitrogens with zero attached hydrogens (tertiary/aromatic N) is 2. The molecule has 1 unspecified atom stereocenters. The largest absolute Gasteiger partial charge is 0.497 e. The van der Waals surface area contributed by atoms with Gasteiger partial charge in [0.25, 0.3) is 0 Å². The van der Waals surface area contributed by atoms with Crippen LogP contribution in [-0.2, 0) is 25.7 Å². The monoisotopic (exact) mass is 711 g/mol. The van der Waals surface area contributed by atoms with Crippen molar-refractivity contribution in [3.63, 3.8) is 0 Å². The number of hydrogen-bond donors (Lipinski definition) is 1. The van der Waals surface area contributed by atoms with Gasteiger partial charge in [0, 0.05) is 39.0 Å². The third-order valence-electron chi connectivity index (χ3n) is 7.47. The van der Waals surface area contributed by atoms with E-state index in [-0.39, 0.29) is 14.2 Å². The molecule has 2 aromatic carbocycles. The zero-order valence-electron chi connectivity index (χ0n) is 23.7. The maximum absolute atomic E-state index is 12.8. The van der Waals surface area contributed by atoms with E-state index < -0.39 is 6.10 Å². The third-order valence-corrected chi connectivity index (χ3v) is 8.34. The molecular formula is C32H34BBr2N2O6-. The van der Waals surface area contributed by atoms with Crippen LogP contribution in [0.15, 0.2) is 57.7 Å². The number of benzene rings is 2. The predicted octanol–water partition coefficient (Wildman–Crippen LogP) is 4.78. The van der Waals surface area contributed by atoms with E-state index in [1.54, 1.807) is 53.0 Å². The van der Waals surface area contributed by atoms with Crippen LogP contribution in [0.1, 0.15) is 55.7 Å². The van der Waals surface area contributed by atoms with Crippen molar-refractivity contribution in [2.75, 3.05) is 28.4 Å². The van der Waals surface area contributed by atoms with Crippen molar-refractivity contribution < 1.29 is 28.8 Å². The average Bonchev–Trinajstić information content (AvgIpc) is 3.23. The second-order valence-corrected chi connectivity index (χ2v) is 11.7. The molecule has 0 amide bonds. The molecule has 8 nitrogen and oxygen atoms in total. The molecule has 2 aliphatic carbocycles. The summed E-state index contributed by atoms with van der Waals surface area (Å²) in [6.45, 7) is 0. The highest BCUT2D eigenvalue weighted by atomic mass is 79.9. The highest BCUT2D eigenvalue weighted by Gasteiger charge is 2.28. The highest BCUT2D eigenvalue weighted by molar-refractivity contribution is 9.10. The molecule has 0 radical (unpaired) electrons. The molecule has 43 heavy (non-hydrogen) atoms. The second kappa shape index (κ2) is 13.9. The summed E-state index contributed by atoms with van der Waals surface area (Å²) in [6, 6.07) is 11.4. The summed E-state index contributed by atoms with van der Waals surface area (Å²) in [4.78, 5) is 21.5. The van der Waals surface area contributed by atoms with Gasteiger partial charge in [-0.25, -0.2) is 0 Å². The average molecular weight is 713 g/mol. The number of carbonyl (C=O) groups excluding carboxylic acids is 1. The molecule has 226 valence electrons. The van der Waals surface area contributed by atoms with Crippen LogP contribution in [0.3, 0.4) is 0 Å². The fourth-order valence-corrected chi connectivity index (χ4v) is 6.20. The van der Waals surface area contributed by atoms with Gasteiger partial charge in [-0.2, -0.15) is 0 Å². The lowest BCUT2D eigenvalue weighted by Crippen LogP contribution is -2.09. The number of carbonyl (C=O) groups is 1. The van der Waals surface area contributed by atoms with Gasteiger partial charge in [0.05, 0.1) is 39.7 Å². The Morgan fingerprint density at radius 3 is 1.88 bits per heavy atom. The van der Waals surface area contributed by atoms with Crippen molar-refractivity contribution in [1.29, 1.82) is 0 Å². The van der Waals surface area contributed by atoms with Gasteiger partial charge in [0.15, 0.2) is 0 Å². The van der Waals surface area contributed by atoms with Crippen LogP contribution in [0.4, 0.5) is 0 Å². The van der Waals surface area contributed by atoms with E-state index in [9.17, 15) is 9.90 Å². The normalized spacial score (nSPS) is 14.6. The van der Waals surface area contributed by atoms with E-state index in [2.05, 4.69) is 41.8 Å². The van der Waals surface area contributed by atoms with Gasteiger partial charge >= 0.3 is 0 Å². The Labute approximate surface area is 269 Å². The topological polar surface area (TPSA) is 100 Å². The number of aromatic nitrogens is 2. The molecule has 2 aromatic heterocycles. The molecule has 0 aliphatic heterocycles. The molecule has 1 N–H and O–H groups in total. The van der Waals surface area contributed by atoms with Gasteiger partial charge in [-0.15, -0.1) is 0 Å². The van der Waals surface area contributed by atoms with Gasteiger partial charge < -0.3 is 24.1 Å². The number of methoxy groups -OCH3 is 4. The summed E-state index contributed by atoms with van der Waals surface area (Å²) in [7, 11) is 6.39. The van der Waals surface area contributed by atoms with Crippen molar-refractivity contribution >= 4 is 46.1 Å². The van der Waals surface area contributed by atoms with Crippen molar-refractivity contribution in [2.45, 2.75) is 31.8 Å². The Hall–Kier alpha value is -3.41. The number of aliphatic hydroxyl groups excluding tert-OH is 1. The van der Waals surface area contributed by atoms with Gasteiger partial charge in [-0.1, -0.05) is 8.41 Å². The summed E-state index contributed by atoms with van der Waals surface area (Å²) in [5.74, 6) is 2.50. The second-order valence-electron chi connectivity index (χ2n) is 9.86. The lowest BCUT2D eigenvalue weighted by Gasteiger charge is -2.18. The molecule has 0 spiro atoms. The summed E-state index contributed by atoms with van der Waals surface area (Å²) in [5.41, 5.74) is 6.54. The molecule has 2 heterocycles. The van der Waals surface area contributed by atoms with Crippen LogP contribution in [0, 0.1) is 0 Å². The number of aliphatic hydroxyl groups is 1. The molecular weight excluding hydrogens is 679 g/mol. The first kappa shape index (κ1) is 32.5. The molecule has 11 heteroatoms. The minimum atomic E-state index is -0.786. The van der Waals surface area contributed by atoms with Crippen molar-refractivity contribution in [3.05, 3.63) is 103 Å². The SMILES string of the molecule is COc1cc2c(c(OC)c1)C(=O)c1ncc(Br)cc1CC2.COc1cc2c(c(OC)c1)C(O)c1ncc(Br)cc1CC2.[BH4-]. The first-order chi connectivity index (χ1) is 20.3. The lowest BCUT2D eigenvalue weighted by molar-refractivity contribution is 0.103. The number of aryl methyl sites for hydroxylation is 4. The van der Waals surface area contributed by atoms with Crippen molar-refractivity contribution in [3.8, 4) is 23.0 Å². The molecule has 0 saturated carbocycles. The fraction of sp³-hybridized carbons (Fsp3) is 0.281. The number of ether oxygens (including phenoxy) is 4. The smallest absolute Gasteiger partial charge is 0.215 e. The van der Waals surface area contributed by atoms with Crippen molar-refractivity contribution in [2.24, 2.45) is 0 Å². The third kappa shape index (κ3) is 6.58. The summed E-state index contributed by atoms with van der Waals surface area (Å²) in [5, 5.41) is 10.8. The van der Waals surface area contributed by atoms with Gasteiger partial charge in [0.1, 0.15) is 34.8 Å².